The standard InChI is InChI=1S/C13H18N4OS/c1-8-3-4-10(5-11(8)18)16-12-9(6-14)7-15-13(17-12)19-2/h7-8,10-11,18H,3-5H2,1-2H3,(H,15,16,17)/t8-,10-,11-/m1/s1. The molecule has 0 amide bonds. The lowest BCUT2D eigenvalue weighted by atomic mass is 9.85. The molecular formula is C13H18N4OS. The summed E-state index contributed by atoms with van der Waals surface area (Å²) in [6, 6.07) is 2.27. The first-order valence-electron chi connectivity index (χ1n) is 6.39. The van der Waals surface area contributed by atoms with Crippen LogP contribution in [0.1, 0.15) is 31.7 Å². The van der Waals surface area contributed by atoms with E-state index in [2.05, 4.69) is 28.3 Å². The quantitative estimate of drug-likeness (QED) is 0.650. The Hall–Kier alpha value is -1.32. The van der Waals surface area contributed by atoms with Crippen molar-refractivity contribution in [1.82, 2.24) is 9.97 Å². The summed E-state index contributed by atoms with van der Waals surface area (Å²) in [6.07, 6.45) is 5.84. The summed E-state index contributed by atoms with van der Waals surface area (Å²) in [5.74, 6) is 0.925. The number of hydrogen-bond acceptors (Lipinski definition) is 6. The summed E-state index contributed by atoms with van der Waals surface area (Å²) in [4.78, 5) is 8.43. The van der Waals surface area contributed by atoms with E-state index in [1.54, 1.807) is 6.20 Å². The largest absolute Gasteiger partial charge is 0.393 e. The molecule has 0 bridgehead atoms. The van der Waals surface area contributed by atoms with Crippen LogP contribution in [0.2, 0.25) is 0 Å². The minimum absolute atomic E-state index is 0.169. The molecule has 6 heteroatoms. The van der Waals surface area contributed by atoms with Crippen molar-refractivity contribution in [3.63, 3.8) is 0 Å². The Kier molecular flexibility index (Phi) is 4.61. The predicted molar refractivity (Wildman–Crippen MR) is 75.0 cm³/mol. The Labute approximate surface area is 117 Å². The second kappa shape index (κ2) is 6.22. The number of aliphatic hydroxyl groups excluding tert-OH is 1. The van der Waals surface area contributed by atoms with Crippen LogP contribution in [-0.2, 0) is 0 Å². The van der Waals surface area contributed by atoms with Crippen molar-refractivity contribution in [3.05, 3.63) is 11.8 Å². The highest BCUT2D eigenvalue weighted by Crippen LogP contribution is 2.27. The molecule has 19 heavy (non-hydrogen) atoms. The van der Waals surface area contributed by atoms with Crippen molar-refractivity contribution < 1.29 is 5.11 Å². The fourth-order valence-corrected chi connectivity index (χ4v) is 2.62. The van der Waals surface area contributed by atoms with Gasteiger partial charge in [-0.15, -0.1) is 0 Å². The number of anilines is 1. The second-order valence-corrected chi connectivity index (χ2v) is 5.70. The summed E-state index contributed by atoms with van der Waals surface area (Å²) in [5.41, 5.74) is 0.450. The van der Waals surface area contributed by atoms with Gasteiger partial charge in [-0.1, -0.05) is 18.7 Å². The van der Waals surface area contributed by atoms with Gasteiger partial charge in [-0.05, 0) is 31.4 Å². The van der Waals surface area contributed by atoms with Crippen LogP contribution in [0.4, 0.5) is 5.82 Å². The van der Waals surface area contributed by atoms with Crippen molar-refractivity contribution in [2.45, 2.75) is 43.5 Å². The normalized spacial score (nSPS) is 26.7. The van der Waals surface area contributed by atoms with E-state index in [0.717, 1.165) is 12.8 Å². The molecule has 0 aliphatic heterocycles. The van der Waals surface area contributed by atoms with Crippen LogP contribution in [0.25, 0.3) is 0 Å². The number of aliphatic hydroxyl groups is 1. The first kappa shape index (κ1) is 14.1. The van der Waals surface area contributed by atoms with E-state index in [-0.39, 0.29) is 12.1 Å². The van der Waals surface area contributed by atoms with Crippen molar-refractivity contribution >= 4 is 17.6 Å². The smallest absolute Gasteiger partial charge is 0.189 e. The molecule has 1 saturated carbocycles. The zero-order valence-electron chi connectivity index (χ0n) is 11.1. The van der Waals surface area contributed by atoms with Gasteiger partial charge in [0.1, 0.15) is 17.5 Å². The van der Waals surface area contributed by atoms with Gasteiger partial charge in [0.15, 0.2) is 5.16 Å². The van der Waals surface area contributed by atoms with E-state index in [1.807, 2.05) is 6.26 Å². The fraction of sp³-hybridized carbons (Fsp3) is 0.615. The molecule has 0 saturated heterocycles. The van der Waals surface area contributed by atoms with Crippen molar-refractivity contribution in [1.29, 1.82) is 5.26 Å². The summed E-state index contributed by atoms with van der Waals surface area (Å²) >= 11 is 1.44. The molecule has 0 unspecified atom stereocenters. The second-order valence-electron chi connectivity index (χ2n) is 4.93. The lowest BCUT2D eigenvalue weighted by molar-refractivity contribution is 0.0739. The first-order chi connectivity index (χ1) is 9.13. The zero-order chi connectivity index (χ0) is 13.8. The van der Waals surface area contributed by atoms with Gasteiger partial charge in [0, 0.05) is 6.04 Å². The minimum Gasteiger partial charge on any atom is -0.393 e. The molecule has 1 aromatic rings. The van der Waals surface area contributed by atoms with Crippen molar-refractivity contribution in [2.24, 2.45) is 5.92 Å². The number of thioether (sulfide) groups is 1. The van der Waals surface area contributed by atoms with Crippen LogP contribution in [0.3, 0.4) is 0 Å². The van der Waals surface area contributed by atoms with E-state index in [0.29, 0.717) is 28.9 Å². The molecule has 1 fully saturated rings. The van der Waals surface area contributed by atoms with Crippen molar-refractivity contribution in [3.8, 4) is 6.07 Å². The molecule has 3 atom stereocenters. The van der Waals surface area contributed by atoms with Gasteiger partial charge in [-0.25, -0.2) is 9.97 Å². The Morgan fingerprint density at radius 2 is 2.32 bits per heavy atom. The maximum atomic E-state index is 9.91. The molecule has 1 aromatic heterocycles. The van der Waals surface area contributed by atoms with E-state index >= 15 is 0 Å². The van der Waals surface area contributed by atoms with Gasteiger partial charge in [-0.2, -0.15) is 5.26 Å². The van der Waals surface area contributed by atoms with Crippen molar-refractivity contribution in [2.75, 3.05) is 11.6 Å². The van der Waals surface area contributed by atoms with Crippen LogP contribution in [0.15, 0.2) is 11.4 Å². The van der Waals surface area contributed by atoms with Gasteiger partial charge in [0.25, 0.3) is 0 Å². The molecule has 102 valence electrons. The average Bonchev–Trinajstić information content (AvgIpc) is 2.43. The summed E-state index contributed by atoms with van der Waals surface area (Å²) in [6.45, 7) is 2.07. The molecular weight excluding hydrogens is 260 g/mol. The van der Waals surface area contributed by atoms with Crippen LogP contribution < -0.4 is 5.32 Å². The SMILES string of the molecule is CSc1ncc(C#N)c(N[C@@H]2CC[C@@H](C)[C@H](O)C2)n1. The number of aromatic nitrogens is 2. The van der Waals surface area contributed by atoms with Crippen LogP contribution in [0, 0.1) is 17.2 Å². The average molecular weight is 278 g/mol. The highest BCUT2D eigenvalue weighted by atomic mass is 32.2. The van der Waals surface area contributed by atoms with Crippen LogP contribution >= 0.6 is 11.8 Å². The van der Waals surface area contributed by atoms with E-state index in [9.17, 15) is 5.11 Å². The lowest BCUT2D eigenvalue weighted by Gasteiger charge is -2.31. The molecule has 1 aliphatic rings. The van der Waals surface area contributed by atoms with Crippen LogP contribution in [0.5, 0.6) is 0 Å². The van der Waals surface area contributed by atoms with Gasteiger partial charge < -0.3 is 10.4 Å². The highest BCUT2D eigenvalue weighted by molar-refractivity contribution is 7.98. The van der Waals surface area contributed by atoms with Crippen LogP contribution in [-0.4, -0.2) is 33.5 Å². The lowest BCUT2D eigenvalue weighted by Crippen LogP contribution is -2.35. The molecule has 2 rings (SSSR count). The summed E-state index contributed by atoms with van der Waals surface area (Å²) < 4.78 is 0. The molecule has 0 aromatic carbocycles. The number of rotatable bonds is 3. The molecule has 1 heterocycles. The zero-order valence-corrected chi connectivity index (χ0v) is 11.9. The topological polar surface area (TPSA) is 81.8 Å². The Balaban J connectivity index is 2.12. The highest BCUT2D eigenvalue weighted by Gasteiger charge is 2.26. The monoisotopic (exact) mass is 278 g/mol. The Morgan fingerprint density at radius 1 is 1.53 bits per heavy atom. The van der Waals surface area contributed by atoms with E-state index < -0.39 is 0 Å². The van der Waals surface area contributed by atoms with Gasteiger partial charge in [-0.3, -0.25) is 0 Å². The maximum absolute atomic E-state index is 9.91. The fourth-order valence-electron chi connectivity index (χ4n) is 2.28. The number of hydrogen-bond donors (Lipinski definition) is 2. The Bertz CT molecular complexity index is 488. The van der Waals surface area contributed by atoms with Gasteiger partial charge in [0.05, 0.1) is 12.3 Å². The Morgan fingerprint density at radius 3 is 2.95 bits per heavy atom. The third kappa shape index (κ3) is 3.37. The summed E-state index contributed by atoms with van der Waals surface area (Å²) in [5, 5.41) is 22.9. The number of nitrogens with zero attached hydrogens (tertiary/aromatic N) is 3. The maximum Gasteiger partial charge on any atom is 0.189 e. The molecule has 0 spiro atoms. The third-order valence-corrected chi connectivity index (χ3v) is 4.13. The van der Waals surface area contributed by atoms with E-state index in [1.165, 1.54) is 11.8 Å². The molecule has 0 radical (unpaired) electrons. The van der Waals surface area contributed by atoms with Gasteiger partial charge in [0.2, 0.25) is 0 Å². The first-order valence-corrected chi connectivity index (χ1v) is 7.62. The third-order valence-electron chi connectivity index (χ3n) is 3.56. The number of nitrogens with one attached hydrogen (secondary N) is 1. The van der Waals surface area contributed by atoms with E-state index in [4.69, 9.17) is 5.26 Å². The summed E-state index contributed by atoms with van der Waals surface area (Å²) in [7, 11) is 0. The number of nitriles is 1. The molecule has 5 nitrogen and oxygen atoms in total. The molecule has 2 N–H and O–H groups in total. The molecule has 1 aliphatic carbocycles. The predicted octanol–water partition coefficient (Wildman–Crippen LogP) is 2.03. The minimum atomic E-state index is -0.279. The van der Waals surface area contributed by atoms with Gasteiger partial charge >= 0.3 is 0 Å².